The SMILES string of the molecule is Cc1ccc(-c2c(C=O)nnn2CC#N)cc1. The van der Waals surface area contributed by atoms with E-state index < -0.39 is 0 Å². The monoisotopic (exact) mass is 226 g/mol. The van der Waals surface area contributed by atoms with Gasteiger partial charge in [-0.2, -0.15) is 5.26 Å². The third kappa shape index (κ3) is 2.06. The van der Waals surface area contributed by atoms with Gasteiger partial charge in [0.05, 0.1) is 6.07 Å². The van der Waals surface area contributed by atoms with Gasteiger partial charge in [-0.15, -0.1) is 5.10 Å². The summed E-state index contributed by atoms with van der Waals surface area (Å²) in [5.41, 5.74) is 2.80. The van der Waals surface area contributed by atoms with E-state index in [2.05, 4.69) is 10.3 Å². The maximum Gasteiger partial charge on any atom is 0.172 e. The van der Waals surface area contributed by atoms with Gasteiger partial charge in [0.2, 0.25) is 0 Å². The number of nitrogens with zero attached hydrogens (tertiary/aromatic N) is 4. The van der Waals surface area contributed by atoms with Crippen LogP contribution in [-0.4, -0.2) is 21.3 Å². The lowest BCUT2D eigenvalue weighted by atomic mass is 10.1. The molecule has 5 nitrogen and oxygen atoms in total. The summed E-state index contributed by atoms with van der Waals surface area (Å²) in [5.74, 6) is 0. The van der Waals surface area contributed by atoms with Crippen molar-refractivity contribution in [3.05, 3.63) is 35.5 Å². The van der Waals surface area contributed by atoms with E-state index in [0.717, 1.165) is 11.1 Å². The second kappa shape index (κ2) is 4.58. The Kier molecular flexibility index (Phi) is 2.97. The molecule has 0 fully saturated rings. The second-order valence-corrected chi connectivity index (χ2v) is 3.62. The highest BCUT2D eigenvalue weighted by Crippen LogP contribution is 2.21. The van der Waals surface area contributed by atoms with E-state index in [-0.39, 0.29) is 12.2 Å². The number of carbonyl (C=O) groups is 1. The largest absolute Gasteiger partial charge is 0.296 e. The van der Waals surface area contributed by atoms with E-state index >= 15 is 0 Å². The summed E-state index contributed by atoms with van der Waals surface area (Å²) in [6.45, 7) is 2.05. The normalized spacial score (nSPS) is 9.88. The van der Waals surface area contributed by atoms with Crippen LogP contribution in [0.4, 0.5) is 0 Å². The Bertz CT molecular complexity index is 578. The molecular weight excluding hydrogens is 216 g/mol. The van der Waals surface area contributed by atoms with Gasteiger partial charge in [-0.05, 0) is 6.92 Å². The average molecular weight is 226 g/mol. The van der Waals surface area contributed by atoms with Crippen molar-refractivity contribution in [2.24, 2.45) is 0 Å². The number of benzene rings is 1. The number of hydrogen-bond donors (Lipinski definition) is 0. The lowest BCUT2D eigenvalue weighted by molar-refractivity contribution is 0.111. The van der Waals surface area contributed by atoms with E-state index in [0.29, 0.717) is 12.0 Å². The molecule has 0 bridgehead atoms. The van der Waals surface area contributed by atoms with Crippen LogP contribution in [-0.2, 0) is 6.54 Å². The minimum atomic E-state index is 0.0735. The van der Waals surface area contributed by atoms with Crippen molar-refractivity contribution in [2.75, 3.05) is 0 Å². The molecule has 0 spiro atoms. The van der Waals surface area contributed by atoms with Crippen molar-refractivity contribution >= 4 is 6.29 Å². The van der Waals surface area contributed by atoms with Crippen LogP contribution in [0.15, 0.2) is 24.3 Å². The molecular formula is C12H10N4O. The summed E-state index contributed by atoms with van der Waals surface area (Å²) in [6.07, 6.45) is 0.649. The fourth-order valence-corrected chi connectivity index (χ4v) is 1.59. The van der Waals surface area contributed by atoms with Crippen LogP contribution >= 0.6 is 0 Å². The molecule has 0 aliphatic carbocycles. The van der Waals surface area contributed by atoms with Gasteiger partial charge in [-0.3, -0.25) is 4.79 Å². The van der Waals surface area contributed by atoms with Gasteiger partial charge < -0.3 is 0 Å². The molecule has 0 radical (unpaired) electrons. The third-order valence-electron chi connectivity index (χ3n) is 2.42. The molecule has 0 saturated carbocycles. The topological polar surface area (TPSA) is 71.6 Å². The molecule has 5 heteroatoms. The second-order valence-electron chi connectivity index (χ2n) is 3.62. The van der Waals surface area contributed by atoms with E-state index in [9.17, 15) is 4.79 Å². The summed E-state index contributed by atoms with van der Waals surface area (Å²) in [4.78, 5) is 10.9. The molecule has 0 atom stereocenters. The number of aryl methyl sites for hydroxylation is 1. The molecule has 84 valence electrons. The molecule has 0 aliphatic heterocycles. The summed E-state index contributed by atoms with van der Waals surface area (Å²) in [5, 5.41) is 16.2. The van der Waals surface area contributed by atoms with Gasteiger partial charge >= 0.3 is 0 Å². The number of aldehydes is 1. The molecule has 0 amide bonds. The Morgan fingerprint density at radius 1 is 1.41 bits per heavy atom. The fourth-order valence-electron chi connectivity index (χ4n) is 1.59. The summed E-state index contributed by atoms with van der Waals surface area (Å²) < 4.78 is 1.42. The number of aromatic nitrogens is 3. The van der Waals surface area contributed by atoms with Crippen molar-refractivity contribution in [2.45, 2.75) is 13.5 Å². The molecule has 0 aliphatic rings. The van der Waals surface area contributed by atoms with Crippen LogP contribution in [0.1, 0.15) is 16.1 Å². The van der Waals surface area contributed by atoms with E-state index in [1.165, 1.54) is 4.68 Å². The summed E-state index contributed by atoms with van der Waals surface area (Å²) >= 11 is 0. The van der Waals surface area contributed by atoms with Gasteiger partial charge in [0.15, 0.2) is 12.0 Å². The number of nitriles is 1. The minimum Gasteiger partial charge on any atom is -0.296 e. The Balaban J connectivity index is 2.56. The Hall–Kier alpha value is -2.48. The third-order valence-corrected chi connectivity index (χ3v) is 2.42. The Morgan fingerprint density at radius 3 is 2.71 bits per heavy atom. The standard InChI is InChI=1S/C12H10N4O/c1-9-2-4-10(5-3-9)12-11(8-17)14-15-16(12)7-6-13/h2-5,8H,7H2,1H3. The summed E-state index contributed by atoms with van der Waals surface area (Å²) in [7, 11) is 0. The Morgan fingerprint density at radius 2 is 2.12 bits per heavy atom. The molecule has 0 N–H and O–H groups in total. The lowest BCUT2D eigenvalue weighted by Gasteiger charge is -2.03. The average Bonchev–Trinajstić information content (AvgIpc) is 2.74. The van der Waals surface area contributed by atoms with E-state index in [4.69, 9.17) is 5.26 Å². The maximum absolute atomic E-state index is 10.9. The highest BCUT2D eigenvalue weighted by molar-refractivity contribution is 5.83. The van der Waals surface area contributed by atoms with Gasteiger partial charge in [0.1, 0.15) is 12.2 Å². The van der Waals surface area contributed by atoms with Crippen molar-refractivity contribution in [3.63, 3.8) is 0 Å². The zero-order chi connectivity index (χ0) is 12.3. The molecule has 17 heavy (non-hydrogen) atoms. The van der Waals surface area contributed by atoms with Crippen LogP contribution in [0.25, 0.3) is 11.3 Å². The van der Waals surface area contributed by atoms with Crippen molar-refractivity contribution in [1.29, 1.82) is 5.26 Å². The highest BCUT2D eigenvalue weighted by atomic mass is 16.1. The predicted octanol–water partition coefficient (Wildman–Crippen LogP) is 1.59. The van der Waals surface area contributed by atoms with Crippen molar-refractivity contribution in [1.82, 2.24) is 15.0 Å². The highest BCUT2D eigenvalue weighted by Gasteiger charge is 2.13. The fraction of sp³-hybridized carbons (Fsp3) is 0.167. The number of hydrogen-bond acceptors (Lipinski definition) is 4. The van der Waals surface area contributed by atoms with E-state index in [1.807, 2.05) is 37.3 Å². The van der Waals surface area contributed by atoms with Crippen LogP contribution in [0.2, 0.25) is 0 Å². The van der Waals surface area contributed by atoms with Gasteiger partial charge in [-0.1, -0.05) is 35.0 Å². The molecule has 2 aromatic rings. The van der Waals surface area contributed by atoms with Crippen molar-refractivity contribution < 1.29 is 4.79 Å². The number of rotatable bonds is 3. The van der Waals surface area contributed by atoms with Gasteiger partial charge in [0, 0.05) is 5.56 Å². The zero-order valence-corrected chi connectivity index (χ0v) is 9.29. The number of carbonyl (C=O) groups excluding carboxylic acids is 1. The van der Waals surface area contributed by atoms with Gasteiger partial charge in [0.25, 0.3) is 0 Å². The molecule has 1 heterocycles. The van der Waals surface area contributed by atoms with E-state index in [1.54, 1.807) is 0 Å². The van der Waals surface area contributed by atoms with Crippen LogP contribution in [0.5, 0.6) is 0 Å². The molecule has 0 unspecified atom stereocenters. The van der Waals surface area contributed by atoms with Crippen LogP contribution in [0.3, 0.4) is 0 Å². The molecule has 0 saturated heterocycles. The van der Waals surface area contributed by atoms with Crippen LogP contribution < -0.4 is 0 Å². The van der Waals surface area contributed by atoms with Gasteiger partial charge in [-0.25, -0.2) is 4.68 Å². The summed E-state index contributed by atoms with van der Waals surface area (Å²) in [6, 6.07) is 9.63. The minimum absolute atomic E-state index is 0.0735. The molecule has 1 aromatic heterocycles. The quantitative estimate of drug-likeness (QED) is 0.745. The van der Waals surface area contributed by atoms with Crippen LogP contribution in [0, 0.1) is 18.3 Å². The maximum atomic E-state index is 10.9. The molecule has 2 rings (SSSR count). The first kappa shape index (κ1) is 11.0. The Labute approximate surface area is 98.3 Å². The lowest BCUT2D eigenvalue weighted by Crippen LogP contribution is -2.01. The first-order valence-electron chi connectivity index (χ1n) is 5.09. The van der Waals surface area contributed by atoms with Crippen molar-refractivity contribution in [3.8, 4) is 17.3 Å². The smallest absolute Gasteiger partial charge is 0.172 e. The zero-order valence-electron chi connectivity index (χ0n) is 9.29. The predicted molar refractivity (Wildman–Crippen MR) is 61.2 cm³/mol. The first-order valence-corrected chi connectivity index (χ1v) is 5.09. The molecule has 1 aromatic carbocycles. The first-order chi connectivity index (χ1) is 8.26.